The Labute approximate surface area is 154 Å². The lowest BCUT2D eigenvalue weighted by Crippen LogP contribution is -2.34. The van der Waals surface area contributed by atoms with Crippen molar-refractivity contribution >= 4 is 17.8 Å². The van der Waals surface area contributed by atoms with Gasteiger partial charge in [-0.2, -0.15) is 0 Å². The van der Waals surface area contributed by atoms with Gasteiger partial charge in [-0.25, -0.2) is 4.39 Å². The summed E-state index contributed by atoms with van der Waals surface area (Å²) in [6.07, 6.45) is 3.76. The summed E-state index contributed by atoms with van der Waals surface area (Å²) in [6.45, 7) is 7.93. The van der Waals surface area contributed by atoms with E-state index in [2.05, 4.69) is 51.1 Å². The smallest absolute Gasteiger partial charge is 0.153 e. The Bertz CT molecular complexity index is 774. The average Bonchev–Trinajstić information content (AvgIpc) is 2.59. The van der Waals surface area contributed by atoms with E-state index in [-0.39, 0.29) is 5.41 Å². The molecule has 1 aliphatic rings. The van der Waals surface area contributed by atoms with Crippen molar-refractivity contribution in [3.05, 3.63) is 65.2 Å². The molecular formula is C22H25FOS. The number of hydrogen-bond donors (Lipinski definition) is 0. The molecule has 1 aliphatic heterocycles. The van der Waals surface area contributed by atoms with Gasteiger partial charge < -0.3 is 4.74 Å². The summed E-state index contributed by atoms with van der Waals surface area (Å²) in [5, 5.41) is 0. The predicted molar refractivity (Wildman–Crippen MR) is 105 cm³/mol. The molecule has 2 aromatic rings. The summed E-state index contributed by atoms with van der Waals surface area (Å²) in [7, 11) is 0. The molecule has 0 aromatic heterocycles. The van der Waals surface area contributed by atoms with Gasteiger partial charge in [0.25, 0.3) is 0 Å². The lowest BCUT2D eigenvalue weighted by molar-refractivity contribution is 0.105. The zero-order valence-electron chi connectivity index (χ0n) is 15.3. The molecule has 0 aliphatic carbocycles. The van der Waals surface area contributed by atoms with Gasteiger partial charge in [0, 0.05) is 16.2 Å². The van der Waals surface area contributed by atoms with Gasteiger partial charge in [0.05, 0.1) is 0 Å². The number of benzene rings is 2. The van der Waals surface area contributed by atoms with Crippen molar-refractivity contribution in [3.63, 3.8) is 0 Å². The summed E-state index contributed by atoms with van der Waals surface area (Å²) in [4.78, 5) is 1.19. The maximum absolute atomic E-state index is 13.1. The molecule has 0 spiro atoms. The van der Waals surface area contributed by atoms with Gasteiger partial charge >= 0.3 is 0 Å². The quantitative estimate of drug-likeness (QED) is 0.585. The topological polar surface area (TPSA) is 9.23 Å². The Morgan fingerprint density at radius 1 is 1.08 bits per heavy atom. The molecule has 2 aromatic carbocycles. The van der Waals surface area contributed by atoms with Gasteiger partial charge in [0.1, 0.15) is 12.4 Å². The van der Waals surface area contributed by atoms with Crippen LogP contribution >= 0.6 is 11.8 Å². The van der Waals surface area contributed by atoms with Crippen LogP contribution in [0.2, 0.25) is 0 Å². The minimum Gasteiger partial charge on any atom is -0.480 e. The first-order valence-electron chi connectivity index (χ1n) is 8.60. The Morgan fingerprint density at radius 2 is 1.80 bits per heavy atom. The molecule has 1 atom stereocenters. The van der Waals surface area contributed by atoms with E-state index in [1.54, 1.807) is 24.8 Å². The van der Waals surface area contributed by atoms with Crippen LogP contribution in [0.25, 0.3) is 6.08 Å². The van der Waals surface area contributed by atoms with E-state index in [4.69, 9.17) is 4.74 Å². The molecule has 0 saturated heterocycles. The van der Waals surface area contributed by atoms with Crippen molar-refractivity contribution in [1.29, 1.82) is 0 Å². The number of alkyl halides is 1. The number of rotatable bonds is 4. The molecule has 0 bridgehead atoms. The molecule has 1 unspecified atom stereocenters. The Morgan fingerprint density at radius 3 is 2.44 bits per heavy atom. The minimum atomic E-state index is -0.837. The predicted octanol–water partition coefficient (Wildman–Crippen LogP) is 6.41. The van der Waals surface area contributed by atoms with Gasteiger partial charge in [0.2, 0.25) is 0 Å². The third-order valence-corrected chi connectivity index (χ3v) is 5.50. The number of halogens is 1. The highest BCUT2D eigenvalue weighted by molar-refractivity contribution is 7.98. The van der Waals surface area contributed by atoms with E-state index in [1.165, 1.54) is 16.0 Å². The third-order valence-electron chi connectivity index (χ3n) is 4.43. The van der Waals surface area contributed by atoms with Crippen molar-refractivity contribution in [1.82, 2.24) is 0 Å². The largest absolute Gasteiger partial charge is 0.480 e. The maximum atomic E-state index is 13.1. The Kier molecular flexibility index (Phi) is 4.97. The van der Waals surface area contributed by atoms with Crippen LogP contribution < -0.4 is 4.74 Å². The standard InChI is InChI=1S/C22H25FOS/c1-21(2,3)18-7-5-16(6-8-18)14-25-19-9-10-20-17(13-19)11-12-22(4,15-23)24-20/h5-13H,14-15H2,1-4H3. The second kappa shape index (κ2) is 6.87. The molecule has 0 fully saturated rings. The van der Waals surface area contributed by atoms with Crippen molar-refractivity contribution in [2.45, 2.75) is 49.4 Å². The molecule has 0 saturated carbocycles. The molecule has 3 heteroatoms. The van der Waals surface area contributed by atoms with Gasteiger partial charge in [-0.1, -0.05) is 51.1 Å². The highest BCUT2D eigenvalue weighted by Crippen LogP contribution is 2.35. The van der Waals surface area contributed by atoms with Crippen molar-refractivity contribution in [2.24, 2.45) is 0 Å². The molecule has 132 valence electrons. The van der Waals surface area contributed by atoms with E-state index in [9.17, 15) is 4.39 Å². The molecular weight excluding hydrogens is 331 g/mol. The first-order valence-corrected chi connectivity index (χ1v) is 9.58. The van der Waals surface area contributed by atoms with E-state index >= 15 is 0 Å². The van der Waals surface area contributed by atoms with Crippen LogP contribution in [0.5, 0.6) is 5.75 Å². The summed E-state index contributed by atoms with van der Waals surface area (Å²) in [6, 6.07) is 15.0. The SMILES string of the molecule is CC1(CF)C=Cc2cc(SCc3ccc(C(C)(C)C)cc3)ccc2O1. The number of fused-ring (bicyclic) bond motifs is 1. The van der Waals surface area contributed by atoms with Crippen LogP contribution in [0.3, 0.4) is 0 Å². The monoisotopic (exact) mass is 356 g/mol. The third kappa shape index (κ3) is 4.27. The Hall–Kier alpha value is -1.74. The van der Waals surface area contributed by atoms with E-state index < -0.39 is 12.3 Å². The fourth-order valence-corrected chi connectivity index (χ4v) is 3.63. The first-order chi connectivity index (χ1) is 11.8. The molecule has 3 rings (SSSR count). The molecule has 0 radical (unpaired) electrons. The van der Waals surface area contributed by atoms with Gasteiger partial charge in [0.15, 0.2) is 5.60 Å². The molecule has 0 N–H and O–H groups in total. The molecule has 25 heavy (non-hydrogen) atoms. The average molecular weight is 357 g/mol. The number of thioether (sulfide) groups is 1. The number of hydrogen-bond acceptors (Lipinski definition) is 2. The number of ether oxygens (including phenoxy) is 1. The zero-order valence-corrected chi connectivity index (χ0v) is 16.1. The lowest BCUT2D eigenvalue weighted by Gasteiger charge is -2.29. The first kappa shape index (κ1) is 18.1. The highest BCUT2D eigenvalue weighted by Gasteiger charge is 2.27. The summed E-state index contributed by atoms with van der Waals surface area (Å²) >= 11 is 1.80. The van der Waals surface area contributed by atoms with E-state index in [0.717, 1.165) is 17.1 Å². The van der Waals surface area contributed by atoms with Crippen LogP contribution in [0, 0.1) is 0 Å². The van der Waals surface area contributed by atoms with Crippen LogP contribution in [0.1, 0.15) is 44.4 Å². The normalized spacial score (nSPS) is 19.4. The molecule has 0 amide bonds. The van der Waals surface area contributed by atoms with Crippen LogP contribution in [0.4, 0.5) is 4.39 Å². The summed E-state index contributed by atoms with van der Waals surface area (Å²) in [5.74, 6) is 1.68. The van der Waals surface area contributed by atoms with Crippen LogP contribution in [-0.2, 0) is 11.2 Å². The van der Waals surface area contributed by atoms with E-state index in [1.807, 2.05) is 18.2 Å². The fraction of sp³-hybridized carbons (Fsp3) is 0.364. The maximum Gasteiger partial charge on any atom is 0.153 e. The summed E-state index contributed by atoms with van der Waals surface area (Å²) < 4.78 is 18.8. The van der Waals surface area contributed by atoms with Crippen molar-refractivity contribution in [3.8, 4) is 5.75 Å². The molecule has 1 nitrogen and oxygen atoms in total. The fourth-order valence-electron chi connectivity index (χ4n) is 2.73. The van der Waals surface area contributed by atoms with Crippen LogP contribution in [0.15, 0.2) is 53.4 Å². The lowest BCUT2D eigenvalue weighted by atomic mass is 9.87. The highest BCUT2D eigenvalue weighted by atomic mass is 32.2. The van der Waals surface area contributed by atoms with E-state index in [0.29, 0.717) is 0 Å². The zero-order chi connectivity index (χ0) is 18.1. The summed E-state index contributed by atoms with van der Waals surface area (Å²) in [5.41, 5.74) is 3.03. The second-order valence-electron chi connectivity index (χ2n) is 7.82. The minimum absolute atomic E-state index is 0.185. The van der Waals surface area contributed by atoms with Gasteiger partial charge in [-0.3, -0.25) is 0 Å². The van der Waals surface area contributed by atoms with Crippen molar-refractivity contribution in [2.75, 3.05) is 6.67 Å². The van der Waals surface area contributed by atoms with Crippen molar-refractivity contribution < 1.29 is 9.13 Å². The Balaban J connectivity index is 1.67. The molecule has 1 heterocycles. The van der Waals surface area contributed by atoms with Gasteiger partial charge in [-0.05, 0) is 47.7 Å². The van der Waals surface area contributed by atoms with Gasteiger partial charge in [-0.15, -0.1) is 11.8 Å². The second-order valence-corrected chi connectivity index (χ2v) is 8.87. The van der Waals surface area contributed by atoms with Crippen LogP contribution in [-0.4, -0.2) is 12.3 Å².